The molecule has 0 radical (unpaired) electrons. The smallest absolute Gasteiger partial charge is 0.393 e. The molecular weight excluding hydrogens is 347 g/mol. The number of halogens is 3. The second-order valence-electron chi connectivity index (χ2n) is 6.66. The van der Waals surface area contributed by atoms with Crippen LogP contribution in [0.3, 0.4) is 0 Å². The molecule has 2 aromatic rings. The third-order valence-electron chi connectivity index (χ3n) is 5.11. The van der Waals surface area contributed by atoms with Gasteiger partial charge in [0.25, 0.3) is 0 Å². The predicted molar refractivity (Wildman–Crippen MR) is 89.0 cm³/mol. The first-order valence-corrected chi connectivity index (χ1v) is 8.32. The van der Waals surface area contributed by atoms with Crippen molar-refractivity contribution < 1.29 is 23.1 Å². The molecule has 1 aromatic heterocycles. The molecule has 3 rings (SSSR count). The lowest BCUT2D eigenvalue weighted by molar-refractivity contribution is -0.188. The molecule has 26 heavy (non-hydrogen) atoms. The molecule has 1 N–H and O–H groups in total. The minimum atomic E-state index is -4.51. The molecule has 0 saturated carbocycles. The fourth-order valence-electron chi connectivity index (χ4n) is 3.51. The van der Waals surface area contributed by atoms with Crippen LogP contribution in [0.15, 0.2) is 36.7 Å². The highest BCUT2D eigenvalue weighted by atomic mass is 19.4. The molecule has 8 heteroatoms. The number of nitrogens with zero attached hydrogens (tertiary/aromatic N) is 3. The van der Waals surface area contributed by atoms with Crippen LogP contribution < -0.4 is 0 Å². The van der Waals surface area contributed by atoms with Gasteiger partial charge < -0.3 is 9.67 Å². The molecular formula is C18H20F3N3O2. The number of imidazole rings is 1. The number of carboxylic acid groups (broad SMARTS) is 1. The van der Waals surface area contributed by atoms with Gasteiger partial charge in [0.15, 0.2) is 0 Å². The Hall–Kier alpha value is -2.35. The topological polar surface area (TPSA) is 58.4 Å². The van der Waals surface area contributed by atoms with Gasteiger partial charge in [0.2, 0.25) is 0 Å². The van der Waals surface area contributed by atoms with Crippen LogP contribution in [0.1, 0.15) is 24.4 Å². The van der Waals surface area contributed by atoms with E-state index in [4.69, 9.17) is 5.11 Å². The van der Waals surface area contributed by atoms with E-state index < -0.39 is 24.0 Å². The summed E-state index contributed by atoms with van der Waals surface area (Å²) in [6.07, 6.45) is -0.987. The number of benzene rings is 1. The van der Waals surface area contributed by atoms with Crippen molar-refractivity contribution in [1.82, 2.24) is 14.5 Å². The molecule has 3 atom stereocenters. The Kier molecular flexibility index (Phi) is 4.79. The summed E-state index contributed by atoms with van der Waals surface area (Å²) in [4.78, 5) is 17.0. The standard InChI is InChI=1S/C18H20F3N3O2/c1-11(23-9-15(17(25)26)16(10-23)18(19,20)21)13-3-5-14(6-4-13)24-8-7-22-12(24)2/h3-8,11,15-16H,9-10H2,1-2H3,(H,25,26)/t11?,15-,16-/m1/s1. The molecule has 1 aromatic carbocycles. The summed E-state index contributed by atoms with van der Waals surface area (Å²) in [5.41, 5.74) is 1.76. The molecule has 2 heterocycles. The minimum Gasteiger partial charge on any atom is -0.481 e. The third-order valence-corrected chi connectivity index (χ3v) is 5.11. The molecule has 1 fully saturated rings. The van der Waals surface area contributed by atoms with Crippen LogP contribution in [0, 0.1) is 18.8 Å². The number of hydrogen-bond acceptors (Lipinski definition) is 3. The quantitative estimate of drug-likeness (QED) is 0.899. The van der Waals surface area contributed by atoms with Crippen LogP contribution in [0.25, 0.3) is 5.69 Å². The van der Waals surface area contributed by atoms with Gasteiger partial charge >= 0.3 is 12.1 Å². The number of likely N-dealkylation sites (tertiary alicyclic amines) is 1. The highest BCUT2D eigenvalue weighted by Crippen LogP contribution is 2.40. The summed E-state index contributed by atoms with van der Waals surface area (Å²) < 4.78 is 41.4. The van der Waals surface area contributed by atoms with Crippen molar-refractivity contribution in [2.24, 2.45) is 11.8 Å². The Morgan fingerprint density at radius 1 is 1.27 bits per heavy atom. The number of carbonyl (C=O) groups is 1. The molecule has 0 spiro atoms. The Bertz CT molecular complexity index is 786. The summed E-state index contributed by atoms with van der Waals surface area (Å²) in [7, 11) is 0. The van der Waals surface area contributed by atoms with E-state index in [9.17, 15) is 18.0 Å². The summed E-state index contributed by atoms with van der Waals surface area (Å²) in [5, 5.41) is 9.15. The third kappa shape index (κ3) is 3.46. The zero-order valence-corrected chi connectivity index (χ0v) is 14.4. The van der Waals surface area contributed by atoms with E-state index in [-0.39, 0.29) is 19.1 Å². The SMILES string of the molecule is Cc1nccn1-c1ccc(C(C)N2C[C@@H](C(F)(F)F)[C@H](C(=O)O)C2)cc1. The summed E-state index contributed by atoms with van der Waals surface area (Å²) in [5.74, 6) is -3.82. The monoisotopic (exact) mass is 367 g/mol. The zero-order chi connectivity index (χ0) is 19.1. The van der Waals surface area contributed by atoms with Crippen LogP contribution >= 0.6 is 0 Å². The number of rotatable bonds is 4. The maximum Gasteiger partial charge on any atom is 0.393 e. The predicted octanol–water partition coefficient (Wildman–Crippen LogP) is 3.44. The molecule has 0 aliphatic carbocycles. The average molecular weight is 367 g/mol. The molecule has 5 nitrogen and oxygen atoms in total. The van der Waals surface area contributed by atoms with Crippen LogP contribution in [0.5, 0.6) is 0 Å². The lowest BCUT2D eigenvalue weighted by Crippen LogP contribution is -2.33. The number of hydrogen-bond donors (Lipinski definition) is 1. The highest BCUT2D eigenvalue weighted by Gasteiger charge is 2.53. The fourth-order valence-corrected chi connectivity index (χ4v) is 3.51. The van der Waals surface area contributed by atoms with Gasteiger partial charge in [-0.25, -0.2) is 4.98 Å². The number of alkyl halides is 3. The Morgan fingerprint density at radius 3 is 2.38 bits per heavy atom. The molecule has 140 valence electrons. The average Bonchev–Trinajstić information content (AvgIpc) is 3.20. The normalized spacial score (nSPS) is 22.5. The van der Waals surface area contributed by atoms with Gasteiger partial charge in [-0.15, -0.1) is 0 Å². The first-order chi connectivity index (χ1) is 12.2. The lowest BCUT2D eigenvalue weighted by Gasteiger charge is -2.25. The van der Waals surface area contributed by atoms with Crippen molar-refractivity contribution in [3.05, 3.63) is 48.0 Å². The van der Waals surface area contributed by atoms with E-state index in [2.05, 4.69) is 4.98 Å². The van der Waals surface area contributed by atoms with E-state index in [1.54, 1.807) is 18.0 Å². The van der Waals surface area contributed by atoms with E-state index in [1.807, 2.05) is 42.0 Å². The Labute approximate surface area is 149 Å². The maximum atomic E-state index is 13.2. The van der Waals surface area contributed by atoms with Gasteiger partial charge in [-0.05, 0) is 31.5 Å². The second kappa shape index (κ2) is 6.75. The molecule has 1 aliphatic heterocycles. The first kappa shape index (κ1) is 18.4. The van der Waals surface area contributed by atoms with Crippen LogP contribution in [0.2, 0.25) is 0 Å². The van der Waals surface area contributed by atoms with Crippen molar-refractivity contribution in [3.8, 4) is 5.69 Å². The van der Waals surface area contributed by atoms with Gasteiger partial charge in [-0.3, -0.25) is 9.69 Å². The van der Waals surface area contributed by atoms with Crippen molar-refractivity contribution in [2.75, 3.05) is 13.1 Å². The zero-order valence-electron chi connectivity index (χ0n) is 14.4. The van der Waals surface area contributed by atoms with E-state index in [0.29, 0.717) is 0 Å². The fraction of sp³-hybridized carbons (Fsp3) is 0.444. The Morgan fingerprint density at radius 2 is 1.92 bits per heavy atom. The molecule has 1 unspecified atom stereocenters. The summed E-state index contributed by atoms with van der Waals surface area (Å²) in [6, 6.07) is 7.17. The van der Waals surface area contributed by atoms with Gasteiger partial charge in [0.1, 0.15) is 5.82 Å². The van der Waals surface area contributed by atoms with E-state index >= 15 is 0 Å². The van der Waals surface area contributed by atoms with Crippen molar-refractivity contribution in [1.29, 1.82) is 0 Å². The highest BCUT2D eigenvalue weighted by molar-refractivity contribution is 5.71. The number of carboxylic acids is 1. The van der Waals surface area contributed by atoms with Gasteiger partial charge in [-0.2, -0.15) is 13.2 Å². The number of aromatic nitrogens is 2. The molecule has 1 saturated heterocycles. The van der Waals surface area contributed by atoms with Crippen molar-refractivity contribution in [2.45, 2.75) is 26.1 Å². The van der Waals surface area contributed by atoms with Gasteiger partial charge in [0, 0.05) is 37.2 Å². The number of aryl methyl sites for hydroxylation is 1. The molecule has 1 aliphatic rings. The largest absolute Gasteiger partial charge is 0.481 e. The van der Waals surface area contributed by atoms with E-state index in [1.165, 1.54) is 0 Å². The Balaban J connectivity index is 1.78. The molecule has 0 amide bonds. The van der Waals surface area contributed by atoms with Crippen LogP contribution in [0.4, 0.5) is 13.2 Å². The maximum absolute atomic E-state index is 13.2. The van der Waals surface area contributed by atoms with Gasteiger partial charge in [0.05, 0.1) is 11.8 Å². The van der Waals surface area contributed by atoms with Crippen molar-refractivity contribution >= 4 is 5.97 Å². The molecule has 0 bridgehead atoms. The second-order valence-corrected chi connectivity index (χ2v) is 6.66. The van der Waals surface area contributed by atoms with Crippen LogP contribution in [-0.4, -0.2) is 44.8 Å². The lowest BCUT2D eigenvalue weighted by atomic mass is 9.96. The van der Waals surface area contributed by atoms with Crippen molar-refractivity contribution in [3.63, 3.8) is 0 Å². The van der Waals surface area contributed by atoms with E-state index in [0.717, 1.165) is 17.1 Å². The van der Waals surface area contributed by atoms with Gasteiger partial charge in [-0.1, -0.05) is 12.1 Å². The number of aliphatic carboxylic acids is 1. The van der Waals surface area contributed by atoms with Crippen LogP contribution in [-0.2, 0) is 4.79 Å². The first-order valence-electron chi connectivity index (χ1n) is 8.32. The summed E-state index contributed by atoms with van der Waals surface area (Å²) in [6.45, 7) is 3.27. The minimum absolute atomic E-state index is 0.108. The summed E-state index contributed by atoms with van der Waals surface area (Å²) >= 11 is 0.